The fourth-order valence-corrected chi connectivity index (χ4v) is 3.41. The Bertz CT molecular complexity index is 685. The summed E-state index contributed by atoms with van der Waals surface area (Å²) in [6.45, 7) is 5.14. The smallest absolute Gasteiger partial charge is 0.270 e. The first kappa shape index (κ1) is 14.0. The summed E-state index contributed by atoms with van der Waals surface area (Å²) in [4.78, 5) is 11.9. The molecule has 0 spiro atoms. The standard InChI is InChI=1S/C13H15N5O2S/c1-9(2)16-7-17-12(14-15-13(17)21-8-16)10-4-3-5-11(6-10)18(19)20/h3-6,9H,7-8H2,1-2H3/p+1. The quantitative estimate of drug-likeness (QED) is 0.680. The lowest BCUT2D eigenvalue weighted by atomic mass is 10.2. The van der Waals surface area contributed by atoms with Gasteiger partial charge in [0, 0.05) is 17.7 Å². The van der Waals surface area contributed by atoms with Crippen LogP contribution in [-0.2, 0) is 6.67 Å². The number of nitro groups is 1. The molecule has 21 heavy (non-hydrogen) atoms. The summed E-state index contributed by atoms with van der Waals surface area (Å²) in [5, 5.41) is 20.2. The summed E-state index contributed by atoms with van der Waals surface area (Å²) in [7, 11) is 0. The van der Waals surface area contributed by atoms with Crippen molar-refractivity contribution >= 4 is 17.4 Å². The fraction of sp³-hybridized carbons (Fsp3) is 0.385. The van der Waals surface area contributed by atoms with Gasteiger partial charge in [0.05, 0.1) is 11.0 Å². The van der Waals surface area contributed by atoms with E-state index in [-0.39, 0.29) is 5.69 Å². The SMILES string of the molecule is CC(C)[NH+]1CSc2nnc(-c3cccc([N+](=O)[O-])c3)n2C1. The topological polar surface area (TPSA) is 78.3 Å². The second-order valence-electron chi connectivity index (χ2n) is 5.30. The third-order valence-electron chi connectivity index (χ3n) is 3.60. The summed E-state index contributed by atoms with van der Waals surface area (Å²) in [6.07, 6.45) is 0. The van der Waals surface area contributed by atoms with Gasteiger partial charge in [-0.05, 0) is 25.6 Å². The number of rotatable bonds is 3. The highest BCUT2D eigenvalue weighted by Crippen LogP contribution is 2.26. The molecule has 3 rings (SSSR count). The summed E-state index contributed by atoms with van der Waals surface area (Å²) in [5.41, 5.74) is 0.801. The minimum Gasteiger partial charge on any atom is -0.307 e. The van der Waals surface area contributed by atoms with Crippen LogP contribution in [0.5, 0.6) is 0 Å². The molecule has 1 unspecified atom stereocenters. The number of hydrogen-bond donors (Lipinski definition) is 1. The maximum absolute atomic E-state index is 10.9. The number of nitro benzene ring substituents is 1. The molecule has 110 valence electrons. The lowest BCUT2D eigenvalue weighted by molar-refractivity contribution is -0.933. The zero-order valence-corrected chi connectivity index (χ0v) is 12.6. The van der Waals surface area contributed by atoms with Crippen molar-refractivity contribution in [1.29, 1.82) is 0 Å². The van der Waals surface area contributed by atoms with E-state index in [1.807, 2.05) is 10.6 Å². The minimum atomic E-state index is -0.391. The number of aromatic nitrogens is 3. The molecule has 0 aliphatic carbocycles. The van der Waals surface area contributed by atoms with Crippen LogP contribution in [0.1, 0.15) is 13.8 Å². The monoisotopic (exact) mass is 306 g/mol. The van der Waals surface area contributed by atoms with Crippen molar-refractivity contribution < 1.29 is 9.82 Å². The molecule has 2 heterocycles. The van der Waals surface area contributed by atoms with Crippen molar-refractivity contribution in [3.05, 3.63) is 34.4 Å². The fourth-order valence-electron chi connectivity index (χ4n) is 2.27. The molecular formula is C13H16N5O2S+. The predicted octanol–water partition coefficient (Wildman–Crippen LogP) is 1.17. The number of fused-ring (bicyclic) bond motifs is 1. The van der Waals surface area contributed by atoms with Gasteiger partial charge in [-0.2, -0.15) is 0 Å². The molecule has 0 fully saturated rings. The van der Waals surface area contributed by atoms with Crippen LogP contribution < -0.4 is 4.90 Å². The van der Waals surface area contributed by atoms with Gasteiger partial charge in [0.25, 0.3) is 5.69 Å². The molecule has 0 amide bonds. The van der Waals surface area contributed by atoms with Crippen LogP contribution in [0.2, 0.25) is 0 Å². The van der Waals surface area contributed by atoms with Gasteiger partial charge in [-0.25, -0.2) is 0 Å². The molecule has 8 heteroatoms. The molecule has 1 aromatic carbocycles. The van der Waals surface area contributed by atoms with Crippen LogP contribution in [0.25, 0.3) is 11.4 Å². The maximum atomic E-state index is 10.9. The van der Waals surface area contributed by atoms with Gasteiger partial charge in [-0.3, -0.25) is 14.7 Å². The second kappa shape index (κ2) is 5.45. The van der Waals surface area contributed by atoms with E-state index in [2.05, 4.69) is 24.0 Å². The summed E-state index contributed by atoms with van der Waals surface area (Å²) in [5.74, 6) is 1.66. The highest BCUT2D eigenvalue weighted by atomic mass is 32.2. The van der Waals surface area contributed by atoms with Crippen LogP contribution in [0, 0.1) is 10.1 Å². The molecule has 1 aromatic heterocycles. The van der Waals surface area contributed by atoms with E-state index in [1.165, 1.54) is 11.0 Å². The maximum Gasteiger partial charge on any atom is 0.270 e. The Hall–Kier alpha value is -1.93. The largest absolute Gasteiger partial charge is 0.307 e. The number of nitrogens with zero attached hydrogens (tertiary/aromatic N) is 4. The summed E-state index contributed by atoms with van der Waals surface area (Å²) >= 11 is 1.67. The summed E-state index contributed by atoms with van der Waals surface area (Å²) in [6, 6.07) is 7.05. The Morgan fingerprint density at radius 1 is 1.43 bits per heavy atom. The lowest BCUT2D eigenvalue weighted by Gasteiger charge is -2.27. The molecule has 0 saturated heterocycles. The minimum absolute atomic E-state index is 0.0707. The zero-order chi connectivity index (χ0) is 15.0. The van der Waals surface area contributed by atoms with Crippen LogP contribution in [0.3, 0.4) is 0 Å². The molecule has 0 saturated carbocycles. The van der Waals surface area contributed by atoms with Crippen molar-refractivity contribution in [3.63, 3.8) is 0 Å². The third-order valence-corrected chi connectivity index (χ3v) is 4.67. The normalized spacial score (nSPS) is 17.8. The Morgan fingerprint density at radius 2 is 2.24 bits per heavy atom. The molecule has 0 bridgehead atoms. The van der Waals surface area contributed by atoms with Gasteiger partial charge in [0.2, 0.25) is 5.16 Å². The zero-order valence-electron chi connectivity index (χ0n) is 11.8. The molecule has 1 N–H and O–H groups in total. The number of hydrogen-bond acceptors (Lipinski definition) is 5. The highest BCUT2D eigenvalue weighted by Gasteiger charge is 2.27. The highest BCUT2D eigenvalue weighted by molar-refractivity contribution is 7.98. The van der Waals surface area contributed by atoms with Gasteiger partial charge in [-0.15, -0.1) is 10.2 Å². The van der Waals surface area contributed by atoms with Crippen molar-refractivity contribution in [3.8, 4) is 11.4 Å². The Labute approximate surface area is 126 Å². The molecule has 1 aliphatic heterocycles. The van der Waals surface area contributed by atoms with Crippen LogP contribution >= 0.6 is 11.8 Å². The average molecular weight is 306 g/mol. The van der Waals surface area contributed by atoms with E-state index in [4.69, 9.17) is 0 Å². The van der Waals surface area contributed by atoms with E-state index >= 15 is 0 Å². The number of nitrogens with one attached hydrogen (secondary N) is 1. The Kier molecular flexibility index (Phi) is 3.64. The van der Waals surface area contributed by atoms with E-state index in [9.17, 15) is 10.1 Å². The van der Waals surface area contributed by atoms with Crippen LogP contribution in [0.4, 0.5) is 5.69 Å². The average Bonchev–Trinajstić information content (AvgIpc) is 2.90. The predicted molar refractivity (Wildman–Crippen MR) is 78.9 cm³/mol. The van der Waals surface area contributed by atoms with Gasteiger partial charge >= 0.3 is 0 Å². The van der Waals surface area contributed by atoms with Crippen LogP contribution in [-0.4, -0.2) is 31.6 Å². The van der Waals surface area contributed by atoms with E-state index in [0.29, 0.717) is 11.9 Å². The van der Waals surface area contributed by atoms with Gasteiger partial charge in [0.15, 0.2) is 12.5 Å². The number of benzene rings is 1. The lowest BCUT2D eigenvalue weighted by Crippen LogP contribution is -3.14. The van der Waals surface area contributed by atoms with Crippen molar-refractivity contribution in [2.24, 2.45) is 0 Å². The van der Waals surface area contributed by atoms with Crippen LogP contribution in [0.15, 0.2) is 29.4 Å². The second-order valence-corrected chi connectivity index (χ2v) is 6.24. The molecule has 1 aliphatic rings. The first-order valence-electron chi connectivity index (χ1n) is 6.71. The Morgan fingerprint density at radius 3 is 2.95 bits per heavy atom. The number of thioether (sulfide) groups is 1. The Balaban J connectivity index is 2.00. The molecule has 1 atom stereocenters. The van der Waals surface area contributed by atoms with Crippen molar-refractivity contribution in [2.75, 3.05) is 5.88 Å². The molecule has 0 radical (unpaired) electrons. The molecule has 2 aromatic rings. The summed E-state index contributed by atoms with van der Waals surface area (Å²) < 4.78 is 2.04. The van der Waals surface area contributed by atoms with E-state index in [1.54, 1.807) is 23.9 Å². The van der Waals surface area contributed by atoms with Gasteiger partial charge in [0.1, 0.15) is 5.88 Å². The van der Waals surface area contributed by atoms with Crippen molar-refractivity contribution in [2.45, 2.75) is 31.7 Å². The number of non-ortho nitro benzene ring substituents is 1. The van der Waals surface area contributed by atoms with E-state index in [0.717, 1.165) is 23.3 Å². The van der Waals surface area contributed by atoms with E-state index < -0.39 is 4.92 Å². The van der Waals surface area contributed by atoms with Crippen molar-refractivity contribution in [1.82, 2.24) is 14.8 Å². The molecular weight excluding hydrogens is 290 g/mol. The number of quaternary nitrogens is 1. The van der Waals surface area contributed by atoms with Gasteiger partial charge in [-0.1, -0.05) is 12.1 Å². The first-order valence-corrected chi connectivity index (χ1v) is 7.70. The first-order chi connectivity index (χ1) is 10.1. The third kappa shape index (κ3) is 2.64. The van der Waals surface area contributed by atoms with Gasteiger partial charge < -0.3 is 4.90 Å². The molecule has 7 nitrogen and oxygen atoms in total.